The molecule has 0 aromatic heterocycles. The molecule has 1 aromatic carbocycles. The summed E-state index contributed by atoms with van der Waals surface area (Å²) in [7, 11) is 0. The van der Waals surface area contributed by atoms with E-state index >= 15 is 0 Å². The van der Waals surface area contributed by atoms with Crippen molar-refractivity contribution in [3.8, 4) is 0 Å². The van der Waals surface area contributed by atoms with E-state index < -0.39 is 0 Å². The largest absolute Gasteiger partial charge is 0.369 e. The van der Waals surface area contributed by atoms with Gasteiger partial charge in [-0.25, -0.2) is 0 Å². The van der Waals surface area contributed by atoms with Gasteiger partial charge in [-0.15, -0.1) is 0 Å². The van der Waals surface area contributed by atoms with Crippen molar-refractivity contribution in [2.24, 2.45) is 0 Å². The number of carbonyl (C=O) groups is 2. The van der Waals surface area contributed by atoms with E-state index in [-0.39, 0.29) is 5.54 Å². The van der Waals surface area contributed by atoms with Gasteiger partial charge in [0, 0.05) is 37.4 Å². The second-order valence-corrected chi connectivity index (χ2v) is 5.40. The molecule has 1 aliphatic carbocycles. The maximum atomic E-state index is 11.1. The fourth-order valence-corrected chi connectivity index (χ4v) is 2.81. The molecule has 0 spiro atoms. The normalized spacial score (nSPS) is 22.0. The van der Waals surface area contributed by atoms with Gasteiger partial charge in [0.1, 0.15) is 12.6 Å². The zero-order valence-corrected chi connectivity index (χ0v) is 10.9. The maximum absolute atomic E-state index is 11.1. The molecule has 4 nitrogen and oxygen atoms in total. The van der Waals surface area contributed by atoms with E-state index in [4.69, 9.17) is 0 Å². The minimum atomic E-state index is -0.131. The third-order valence-electron chi connectivity index (χ3n) is 4.29. The fraction of sp³-hybridized carbons (Fsp3) is 0.467. The van der Waals surface area contributed by atoms with Crippen LogP contribution in [0.5, 0.6) is 0 Å². The molecule has 3 rings (SSSR count). The molecule has 1 aromatic rings. The van der Waals surface area contributed by atoms with E-state index in [2.05, 4.69) is 9.80 Å². The molecular weight excluding hydrogens is 240 g/mol. The van der Waals surface area contributed by atoms with E-state index in [0.29, 0.717) is 5.56 Å². The standard InChI is InChI=1S/C15H18N2O2/c18-11-13-1-3-14(4-2-13)16-7-9-17(10-8-16)15(12-19)5-6-15/h1-4,11-12H,5-10H2. The molecule has 100 valence electrons. The van der Waals surface area contributed by atoms with Crippen molar-refractivity contribution in [2.75, 3.05) is 31.1 Å². The van der Waals surface area contributed by atoms with E-state index in [9.17, 15) is 9.59 Å². The van der Waals surface area contributed by atoms with Gasteiger partial charge >= 0.3 is 0 Å². The predicted molar refractivity (Wildman–Crippen MR) is 73.6 cm³/mol. The Hall–Kier alpha value is -1.68. The molecule has 0 atom stereocenters. The van der Waals surface area contributed by atoms with Gasteiger partial charge < -0.3 is 9.69 Å². The van der Waals surface area contributed by atoms with Crippen LogP contribution in [-0.2, 0) is 4.79 Å². The maximum Gasteiger partial charge on any atom is 0.150 e. The van der Waals surface area contributed by atoms with Crippen molar-refractivity contribution in [2.45, 2.75) is 18.4 Å². The SMILES string of the molecule is O=Cc1ccc(N2CCN(C3(C=O)CC3)CC2)cc1. The third kappa shape index (κ3) is 2.28. The summed E-state index contributed by atoms with van der Waals surface area (Å²) >= 11 is 0. The van der Waals surface area contributed by atoms with Gasteiger partial charge in [0.25, 0.3) is 0 Å². The van der Waals surface area contributed by atoms with Crippen LogP contribution in [0.15, 0.2) is 24.3 Å². The van der Waals surface area contributed by atoms with Gasteiger partial charge in [-0.3, -0.25) is 9.69 Å². The van der Waals surface area contributed by atoms with Crippen molar-refractivity contribution in [1.82, 2.24) is 4.90 Å². The Morgan fingerprint density at radius 1 is 0.947 bits per heavy atom. The Balaban J connectivity index is 1.63. The lowest BCUT2D eigenvalue weighted by Gasteiger charge is -2.38. The van der Waals surface area contributed by atoms with Crippen molar-refractivity contribution in [3.05, 3.63) is 29.8 Å². The molecule has 0 radical (unpaired) electrons. The smallest absolute Gasteiger partial charge is 0.150 e. The van der Waals surface area contributed by atoms with E-state index in [0.717, 1.165) is 57.3 Å². The van der Waals surface area contributed by atoms with Crippen molar-refractivity contribution in [1.29, 1.82) is 0 Å². The molecule has 1 saturated carbocycles. The number of piperazine rings is 1. The molecule has 1 aliphatic heterocycles. The molecule has 0 N–H and O–H groups in total. The zero-order chi connectivity index (χ0) is 13.3. The van der Waals surface area contributed by atoms with Gasteiger partial charge in [0.2, 0.25) is 0 Å². The summed E-state index contributed by atoms with van der Waals surface area (Å²) in [5.74, 6) is 0. The Kier molecular flexibility index (Phi) is 3.11. The highest BCUT2D eigenvalue weighted by Gasteiger charge is 2.48. The molecule has 0 unspecified atom stereocenters. The minimum absolute atomic E-state index is 0.131. The first-order valence-corrected chi connectivity index (χ1v) is 6.79. The van der Waals surface area contributed by atoms with E-state index in [1.54, 1.807) is 0 Å². The minimum Gasteiger partial charge on any atom is -0.369 e. The molecule has 19 heavy (non-hydrogen) atoms. The highest BCUT2D eigenvalue weighted by molar-refractivity contribution is 5.75. The number of carbonyl (C=O) groups excluding carboxylic acids is 2. The number of benzene rings is 1. The van der Waals surface area contributed by atoms with Crippen LogP contribution in [-0.4, -0.2) is 49.2 Å². The molecule has 4 heteroatoms. The molecule has 2 aliphatic rings. The van der Waals surface area contributed by atoms with Crippen LogP contribution in [0.2, 0.25) is 0 Å². The molecule has 1 saturated heterocycles. The Bertz CT molecular complexity index is 471. The predicted octanol–water partition coefficient (Wildman–Crippen LogP) is 1.35. The summed E-state index contributed by atoms with van der Waals surface area (Å²) in [4.78, 5) is 26.4. The lowest BCUT2D eigenvalue weighted by Crippen LogP contribution is -2.52. The quantitative estimate of drug-likeness (QED) is 0.764. The van der Waals surface area contributed by atoms with Gasteiger partial charge in [0.15, 0.2) is 0 Å². The van der Waals surface area contributed by atoms with Crippen LogP contribution in [0.3, 0.4) is 0 Å². The van der Waals surface area contributed by atoms with Crippen molar-refractivity contribution in [3.63, 3.8) is 0 Å². The van der Waals surface area contributed by atoms with Crippen LogP contribution in [0, 0.1) is 0 Å². The summed E-state index contributed by atoms with van der Waals surface area (Å²) in [5, 5.41) is 0. The van der Waals surface area contributed by atoms with Crippen LogP contribution in [0.1, 0.15) is 23.2 Å². The van der Waals surface area contributed by atoms with Gasteiger partial charge in [-0.05, 0) is 37.1 Å². The van der Waals surface area contributed by atoms with Crippen molar-refractivity contribution < 1.29 is 9.59 Å². The Labute approximate surface area is 113 Å². The molecule has 0 bridgehead atoms. The lowest BCUT2D eigenvalue weighted by atomic mass is 10.1. The van der Waals surface area contributed by atoms with Gasteiger partial charge in [-0.1, -0.05) is 0 Å². The first-order chi connectivity index (χ1) is 9.27. The monoisotopic (exact) mass is 258 g/mol. The molecule has 2 fully saturated rings. The topological polar surface area (TPSA) is 40.6 Å². The molecule has 1 heterocycles. The first kappa shape index (κ1) is 12.4. The third-order valence-corrected chi connectivity index (χ3v) is 4.29. The number of anilines is 1. The van der Waals surface area contributed by atoms with Gasteiger partial charge in [0.05, 0.1) is 5.54 Å². The molecular formula is C15H18N2O2. The highest BCUT2D eigenvalue weighted by Crippen LogP contribution is 2.40. The van der Waals surface area contributed by atoms with Crippen LogP contribution in [0.25, 0.3) is 0 Å². The second kappa shape index (κ2) is 4.78. The average molecular weight is 258 g/mol. The summed E-state index contributed by atoms with van der Waals surface area (Å²) in [6.07, 6.45) is 4.03. The summed E-state index contributed by atoms with van der Waals surface area (Å²) in [6, 6.07) is 7.68. The average Bonchev–Trinajstić information content (AvgIpc) is 3.29. The Morgan fingerprint density at radius 2 is 1.58 bits per heavy atom. The second-order valence-electron chi connectivity index (χ2n) is 5.40. The highest BCUT2D eigenvalue weighted by atomic mass is 16.1. The van der Waals surface area contributed by atoms with Gasteiger partial charge in [-0.2, -0.15) is 0 Å². The van der Waals surface area contributed by atoms with Crippen LogP contribution in [0.4, 0.5) is 5.69 Å². The first-order valence-electron chi connectivity index (χ1n) is 6.79. The number of nitrogens with zero attached hydrogens (tertiary/aromatic N) is 2. The summed E-state index contributed by atoms with van der Waals surface area (Å²) < 4.78 is 0. The van der Waals surface area contributed by atoms with Crippen LogP contribution >= 0.6 is 0 Å². The number of hydrogen-bond acceptors (Lipinski definition) is 4. The van der Waals surface area contributed by atoms with E-state index in [1.807, 2.05) is 24.3 Å². The fourth-order valence-electron chi connectivity index (χ4n) is 2.81. The Morgan fingerprint density at radius 3 is 2.05 bits per heavy atom. The van der Waals surface area contributed by atoms with E-state index in [1.165, 1.54) is 0 Å². The van der Waals surface area contributed by atoms with Crippen LogP contribution < -0.4 is 4.90 Å². The summed E-state index contributed by atoms with van der Waals surface area (Å²) in [5.41, 5.74) is 1.73. The molecule has 0 amide bonds. The lowest BCUT2D eigenvalue weighted by molar-refractivity contribution is -0.113. The number of aldehydes is 2. The summed E-state index contributed by atoms with van der Waals surface area (Å²) in [6.45, 7) is 3.76. The number of hydrogen-bond donors (Lipinski definition) is 0. The number of rotatable bonds is 4. The zero-order valence-electron chi connectivity index (χ0n) is 10.9. The van der Waals surface area contributed by atoms with Crippen molar-refractivity contribution >= 4 is 18.3 Å².